The van der Waals surface area contributed by atoms with E-state index in [0.717, 1.165) is 29.9 Å². The molecule has 0 saturated heterocycles. The van der Waals surface area contributed by atoms with Crippen molar-refractivity contribution in [2.75, 3.05) is 6.61 Å². The first-order valence-corrected chi connectivity index (χ1v) is 17.3. The first-order chi connectivity index (χ1) is 21.1. The molecular weight excluding hydrogens is 528 g/mol. The summed E-state index contributed by atoms with van der Waals surface area (Å²) >= 11 is 0. The maximum atomic E-state index is 12.8. The second-order valence-corrected chi connectivity index (χ2v) is 12.2. The third kappa shape index (κ3) is 13.4. The first kappa shape index (κ1) is 34.4. The van der Waals surface area contributed by atoms with Crippen molar-refractivity contribution in [2.24, 2.45) is 0 Å². The van der Waals surface area contributed by atoms with E-state index >= 15 is 0 Å². The molecular formula is C40H56O3. The number of rotatable bonds is 22. The smallest absolute Gasteiger partial charge is 0.343 e. The molecule has 3 nitrogen and oxygen atoms in total. The fourth-order valence-corrected chi connectivity index (χ4v) is 5.57. The lowest BCUT2D eigenvalue weighted by atomic mass is 9.95. The van der Waals surface area contributed by atoms with Gasteiger partial charge in [0.05, 0.1) is 12.2 Å². The molecule has 0 fully saturated rings. The van der Waals surface area contributed by atoms with E-state index in [4.69, 9.17) is 9.47 Å². The lowest BCUT2D eigenvalue weighted by molar-refractivity contribution is 0.0734. The van der Waals surface area contributed by atoms with Crippen molar-refractivity contribution in [3.8, 4) is 22.6 Å². The Bertz CT molecular complexity index is 1130. The molecule has 0 saturated carbocycles. The van der Waals surface area contributed by atoms with Gasteiger partial charge >= 0.3 is 5.97 Å². The minimum atomic E-state index is -0.334. The van der Waals surface area contributed by atoms with Crippen molar-refractivity contribution < 1.29 is 14.3 Å². The van der Waals surface area contributed by atoms with Gasteiger partial charge < -0.3 is 9.47 Å². The van der Waals surface area contributed by atoms with E-state index in [-0.39, 0.29) is 5.97 Å². The van der Waals surface area contributed by atoms with Gasteiger partial charge in [-0.1, -0.05) is 147 Å². The van der Waals surface area contributed by atoms with Crippen LogP contribution in [0, 0.1) is 0 Å². The number of unbranched alkanes of at least 4 members (excludes halogenated alkanes) is 13. The Morgan fingerprint density at radius 3 is 1.58 bits per heavy atom. The van der Waals surface area contributed by atoms with Gasteiger partial charge in [-0.3, -0.25) is 0 Å². The average molecular weight is 585 g/mol. The molecule has 0 radical (unpaired) electrons. The SMILES string of the molecule is CCCCCCCCCCCCOc1ccc(-c2ccc(C(=O)Oc3ccc([C@H](C)CCCCCCC)cc3)cc2)cc1. The molecule has 0 amide bonds. The van der Waals surface area contributed by atoms with Crippen LogP contribution >= 0.6 is 0 Å². The maximum absolute atomic E-state index is 12.8. The van der Waals surface area contributed by atoms with Crippen LogP contribution in [0.2, 0.25) is 0 Å². The zero-order valence-electron chi connectivity index (χ0n) is 27.3. The van der Waals surface area contributed by atoms with E-state index in [1.165, 1.54) is 102 Å². The van der Waals surface area contributed by atoms with Gasteiger partial charge in [0.15, 0.2) is 0 Å². The van der Waals surface area contributed by atoms with Gasteiger partial charge in [0.1, 0.15) is 11.5 Å². The number of carbonyl (C=O) groups excluding carboxylic acids is 1. The number of carbonyl (C=O) groups is 1. The monoisotopic (exact) mass is 584 g/mol. The van der Waals surface area contributed by atoms with Crippen LogP contribution in [-0.2, 0) is 0 Å². The molecule has 3 heteroatoms. The molecule has 0 aliphatic carbocycles. The normalized spacial score (nSPS) is 11.8. The van der Waals surface area contributed by atoms with Crippen molar-refractivity contribution in [1.29, 1.82) is 0 Å². The molecule has 3 rings (SSSR count). The van der Waals surface area contributed by atoms with Gasteiger partial charge in [0, 0.05) is 0 Å². The van der Waals surface area contributed by atoms with Crippen molar-refractivity contribution >= 4 is 5.97 Å². The number of hydrogen-bond donors (Lipinski definition) is 0. The molecule has 0 unspecified atom stereocenters. The fourth-order valence-electron chi connectivity index (χ4n) is 5.57. The third-order valence-electron chi connectivity index (χ3n) is 8.48. The molecule has 0 bridgehead atoms. The second-order valence-electron chi connectivity index (χ2n) is 12.2. The van der Waals surface area contributed by atoms with Gasteiger partial charge in [-0.2, -0.15) is 0 Å². The van der Waals surface area contributed by atoms with Crippen molar-refractivity contribution in [3.05, 3.63) is 83.9 Å². The second kappa shape index (κ2) is 20.8. The number of benzene rings is 3. The van der Waals surface area contributed by atoms with Crippen LogP contribution in [0.1, 0.15) is 145 Å². The highest BCUT2D eigenvalue weighted by molar-refractivity contribution is 5.91. The van der Waals surface area contributed by atoms with Gasteiger partial charge in [-0.15, -0.1) is 0 Å². The van der Waals surface area contributed by atoms with Crippen LogP contribution < -0.4 is 9.47 Å². The highest BCUT2D eigenvalue weighted by Gasteiger charge is 2.11. The largest absolute Gasteiger partial charge is 0.494 e. The maximum Gasteiger partial charge on any atom is 0.343 e. The van der Waals surface area contributed by atoms with Crippen LogP contribution in [0.4, 0.5) is 0 Å². The number of hydrogen-bond acceptors (Lipinski definition) is 3. The molecule has 0 aliphatic rings. The lowest BCUT2D eigenvalue weighted by Crippen LogP contribution is -2.08. The van der Waals surface area contributed by atoms with E-state index in [1.807, 2.05) is 48.5 Å². The predicted molar refractivity (Wildman–Crippen MR) is 182 cm³/mol. The lowest BCUT2D eigenvalue weighted by Gasteiger charge is -2.13. The summed E-state index contributed by atoms with van der Waals surface area (Å²) in [4.78, 5) is 12.8. The van der Waals surface area contributed by atoms with E-state index in [1.54, 1.807) is 0 Å². The van der Waals surface area contributed by atoms with Gasteiger partial charge in [0.25, 0.3) is 0 Å². The fraction of sp³-hybridized carbons (Fsp3) is 0.525. The summed E-state index contributed by atoms with van der Waals surface area (Å²) in [6.45, 7) is 7.57. The van der Waals surface area contributed by atoms with E-state index < -0.39 is 0 Å². The molecule has 0 aliphatic heterocycles. The van der Waals surface area contributed by atoms with Gasteiger partial charge in [-0.05, 0) is 71.8 Å². The number of ether oxygens (including phenoxy) is 2. The van der Waals surface area contributed by atoms with Crippen LogP contribution in [-0.4, -0.2) is 12.6 Å². The predicted octanol–water partition coefficient (Wildman–Crippen LogP) is 12.3. The Kier molecular flexibility index (Phi) is 16.6. The van der Waals surface area contributed by atoms with Crippen molar-refractivity contribution in [2.45, 2.75) is 129 Å². The molecule has 1 atom stereocenters. The van der Waals surface area contributed by atoms with Crippen LogP contribution in [0.25, 0.3) is 11.1 Å². The molecule has 0 N–H and O–H groups in total. The summed E-state index contributed by atoms with van der Waals surface area (Å²) in [5.41, 5.74) is 4.01. The van der Waals surface area contributed by atoms with Crippen LogP contribution in [0.15, 0.2) is 72.8 Å². The summed E-state index contributed by atoms with van der Waals surface area (Å²) in [6.07, 6.45) is 21.0. The zero-order chi connectivity index (χ0) is 30.5. The molecule has 0 spiro atoms. The highest BCUT2D eigenvalue weighted by atomic mass is 16.5. The van der Waals surface area contributed by atoms with Crippen LogP contribution in [0.3, 0.4) is 0 Å². The Morgan fingerprint density at radius 2 is 1.02 bits per heavy atom. The minimum absolute atomic E-state index is 0.334. The Morgan fingerprint density at radius 1 is 0.558 bits per heavy atom. The van der Waals surface area contributed by atoms with Crippen molar-refractivity contribution in [1.82, 2.24) is 0 Å². The number of esters is 1. The Balaban J connectivity index is 1.36. The van der Waals surface area contributed by atoms with Gasteiger partial charge in [-0.25, -0.2) is 4.79 Å². The summed E-state index contributed by atoms with van der Waals surface area (Å²) in [6, 6.07) is 23.8. The van der Waals surface area contributed by atoms with Crippen molar-refractivity contribution in [3.63, 3.8) is 0 Å². The first-order valence-electron chi connectivity index (χ1n) is 17.3. The minimum Gasteiger partial charge on any atom is -0.494 e. The Hall–Kier alpha value is -3.07. The molecule has 3 aromatic rings. The highest BCUT2D eigenvalue weighted by Crippen LogP contribution is 2.26. The summed E-state index contributed by atoms with van der Waals surface area (Å²) in [7, 11) is 0. The zero-order valence-corrected chi connectivity index (χ0v) is 27.3. The summed E-state index contributed by atoms with van der Waals surface area (Å²) < 4.78 is 11.6. The molecule has 43 heavy (non-hydrogen) atoms. The average Bonchev–Trinajstić information content (AvgIpc) is 3.04. The van der Waals surface area contributed by atoms with E-state index in [0.29, 0.717) is 17.2 Å². The Labute approximate surface area is 262 Å². The van der Waals surface area contributed by atoms with Gasteiger partial charge in [0.2, 0.25) is 0 Å². The van der Waals surface area contributed by atoms with Crippen LogP contribution in [0.5, 0.6) is 11.5 Å². The summed E-state index contributed by atoms with van der Waals surface area (Å²) in [5.74, 6) is 1.68. The molecule has 0 aromatic heterocycles. The topological polar surface area (TPSA) is 35.5 Å². The quantitative estimate of drug-likeness (QED) is 0.0669. The molecule has 0 heterocycles. The molecule has 234 valence electrons. The van der Waals surface area contributed by atoms with E-state index in [2.05, 4.69) is 45.0 Å². The third-order valence-corrected chi connectivity index (χ3v) is 8.48. The molecule has 3 aromatic carbocycles. The summed E-state index contributed by atoms with van der Waals surface area (Å²) in [5, 5.41) is 0. The standard InChI is InChI=1S/C40H56O3/c1-4-6-8-10-11-12-13-14-16-18-32-42-38-28-26-36(27-29-38)35-20-22-37(23-21-35)40(41)43-39-30-24-34(25-31-39)33(3)19-17-15-9-7-5-2/h20-31,33H,4-19,32H2,1-3H3/t33-/m1/s1. The van der Waals surface area contributed by atoms with E-state index in [9.17, 15) is 4.79 Å².